The molecular formula is C22H19NO2. The number of nitrogens with one attached hydrogen (secondary N) is 1. The Morgan fingerprint density at radius 1 is 0.720 bits per heavy atom. The summed E-state index contributed by atoms with van der Waals surface area (Å²) in [5, 5.41) is 2.85. The standard InChI is InChI=1S/C22H19NO2/c1-15(24)18-11-12-22(23-16(2)25)21(14-18)20-10-6-9-19(13-20)17-7-4-3-5-8-17/h3-14H,1-2H3,(H,23,25). The molecule has 25 heavy (non-hydrogen) atoms. The second-order valence-corrected chi connectivity index (χ2v) is 5.94. The van der Waals surface area contributed by atoms with Gasteiger partial charge in [0, 0.05) is 23.7 Å². The first kappa shape index (κ1) is 16.7. The van der Waals surface area contributed by atoms with Crippen molar-refractivity contribution in [2.24, 2.45) is 0 Å². The van der Waals surface area contributed by atoms with Crippen LogP contribution in [-0.2, 0) is 4.79 Å². The van der Waals surface area contributed by atoms with Crippen LogP contribution < -0.4 is 5.32 Å². The number of rotatable bonds is 4. The highest BCUT2D eigenvalue weighted by molar-refractivity contribution is 6.00. The lowest BCUT2D eigenvalue weighted by atomic mass is 9.96. The molecule has 0 aliphatic rings. The van der Waals surface area contributed by atoms with Crippen molar-refractivity contribution in [1.82, 2.24) is 0 Å². The summed E-state index contributed by atoms with van der Waals surface area (Å²) in [6.07, 6.45) is 0. The van der Waals surface area contributed by atoms with Crippen LogP contribution in [0.1, 0.15) is 24.2 Å². The van der Waals surface area contributed by atoms with Gasteiger partial charge in [-0.15, -0.1) is 0 Å². The van der Waals surface area contributed by atoms with Crippen molar-refractivity contribution in [2.45, 2.75) is 13.8 Å². The largest absolute Gasteiger partial charge is 0.326 e. The number of amides is 1. The Balaban J connectivity index is 2.13. The Bertz CT molecular complexity index is 930. The summed E-state index contributed by atoms with van der Waals surface area (Å²) in [5.41, 5.74) is 5.30. The molecule has 0 aliphatic carbocycles. The first-order valence-electron chi connectivity index (χ1n) is 8.13. The first-order chi connectivity index (χ1) is 12.0. The number of hydrogen-bond donors (Lipinski definition) is 1. The Kier molecular flexibility index (Phi) is 4.75. The molecule has 0 saturated carbocycles. The van der Waals surface area contributed by atoms with Gasteiger partial charge >= 0.3 is 0 Å². The minimum atomic E-state index is -0.143. The van der Waals surface area contributed by atoms with E-state index in [-0.39, 0.29) is 11.7 Å². The Hall–Kier alpha value is -3.20. The van der Waals surface area contributed by atoms with Crippen molar-refractivity contribution in [3.8, 4) is 22.3 Å². The van der Waals surface area contributed by atoms with E-state index in [4.69, 9.17) is 0 Å². The molecule has 3 nitrogen and oxygen atoms in total. The zero-order chi connectivity index (χ0) is 17.8. The molecule has 0 aromatic heterocycles. The zero-order valence-corrected chi connectivity index (χ0v) is 14.2. The molecule has 0 heterocycles. The molecule has 3 heteroatoms. The lowest BCUT2D eigenvalue weighted by Gasteiger charge is -2.13. The van der Waals surface area contributed by atoms with Gasteiger partial charge in [0.05, 0.1) is 0 Å². The molecule has 0 fully saturated rings. The summed E-state index contributed by atoms with van der Waals surface area (Å²) in [6.45, 7) is 3.01. The minimum absolute atomic E-state index is 0.00478. The average Bonchev–Trinajstić information content (AvgIpc) is 2.62. The number of carbonyl (C=O) groups excluding carboxylic acids is 2. The number of hydrogen-bond acceptors (Lipinski definition) is 2. The van der Waals surface area contributed by atoms with Gasteiger partial charge in [-0.2, -0.15) is 0 Å². The fourth-order valence-corrected chi connectivity index (χ4v) is 2.80. The maximum Gasteiger partial charge on any atom is 0.221 e. The maximum absolute atomic E-state index is 11.8. The third kappa shape index (κ3) is 3.83. The van der Waals surface area contributed by atoms with Gasteiger partial charge in [-0.3, -0.25) is 9.59 Å². The van der Waals surface area contributed by atoms with Crippen molar-refractivity contribution in [3.63, 3.8) is 0 Å². The molecule has 0 spiro atoms. The van der Waals surface area contributed by atoms with E-state index >= 15 is 0 Å². The second kappa shape index (κ2) is 7.14. The average molecular weight is 329 g/mol. The van der Waals surface area contributed by atoms with Crippen molar-refractivity contribution >= 4 is 17.4 Å². The van der Waals surface area contributed by atoms with Crippen LogP contribution in [0.2, 0.25) is 0 Å². The van der Waals surface area contributed by atoms with Gasteiger partial charge in [0.25, 0.3) is 0 Å². The normalized spacial score (nSPS) is 10.3. The molecule has 0 bridgehead atoms. The van der Waals surface area contributed by atoms with E-state index in [1.165, 1.54) is 13.8 Å². The van der Waals surface area contributed by atoms with Crippen LogP contribution >= 0.6 is 0 Å². The van der Waals surface area contributed by atoms with E-state index in [1.807, 2.05) is 42.5 Å². The van der Waals surface area contributed by atoms with Crippen LogP contribution in [0.3, 0.4) is 0 Å². The highest BCUT2D eigenvalue weighted by Gasteiger charge is 2.11. The molecule has 3 rings (SSSR count). The van der Waals surface area contributed by atoms with Crippen LogP contribution in [-0.4, -0.2) is 11.7 Å². The van der Waals surface area contributed by atoms with Gasteiger partial charge in [0.1, 0.15) is 0 Å². The summed E-state index contributed by atoms with van der Waals surface area (Å²) in [4.78, 5) is 23.3. The highest BCUT2D eigenvalue weighted by atomic mass is 16.1. The third-order valence-electron chi connectivity index (χ3n) is 4.02. The predicted octanol–water partition coefficient (Wildman–Crippen LogP) is 5.18. The number of Topliss-reactive ketones (excluding diaryl/α,β-unsaturated/α-hetero) is 1. The number of ketones is 1. The molecule has 0 radical (unpaired) electrons. The van der Waals surface area contributed by atoms with Crippen molar-refractivity contribution in [2.75, 3.05) is 5.32 Å². The van der Waals surface area contributed by atoms with Crippen LogP contribution in [0.15, 0.2) is 72.8 Å². The number of anilines is 1. The molecule has 0 unspecified atom stereocenters. The second-order valence-electron chi connectivity index (χ2n) is 5.94. The molecule has 3 aromatic rings. The van der Waals surface area contributed by atoms with Crippen LogP contribution in [0.25, 0.3) is 22.3 Å². The molecule has 1 N–H and O–H groups in total. The van der Waals surface area contributed by atoms with Crippen LogP contribution in [0.4, 0.5) is 5.69 Å². The van der Waals surface area contributed by atoms with E-state index in [9.17, 15) is 9.59 Å². The quantitative estimate of drug-likeness (QED) is 0.670. The third-order valence-corrected chi connectivity index (χ3v) is 4.02. The zero-order valence-electron chi connectivity index (χ0n) is 14.2. The first-order valence-corrected chi connectivity index (χ1v) is 8.13. The lowest BCUT2D eigenvalue weighted by molar-refractivity contribution is -0.114. The van der Waals surface area contributed by atoms with Gasteiger partial charge in [0.15, 0.2) is 5.78 Å². The number of carbonyl (C=O) groups is 2. The molecule has 0 atom stereocenters. The summed E-state index contributed by atoms with van der Waals surface area (Å²) < 4.78 is 0. The summed E-state index contributed by atoms with van der Waals surface area (Å²) in [5.74, 6) is -0.147. The fourth-order valence-electron chi connectivity index (χ4n) is 2.80. The summed E-state index contributed by atoms with van der Waals surface area (Å²) >= 11 is 0. The molecule has 3 aromatic carbocycles. The Labute approximate surface area is 147 Å². The number of benzene rings is 3. The molecule has 0 saturated heterocycles. The minimum Gasteiger partial charge on any atom is -0.326 e. The maximum atomic E-state index is 11.8. The lowest BCUT2D eigenvalue weighted by Crippen LogP contribution is -2.07. The predicted molar refractivity (Wildman–Crippen MR) is 102 cm³/mol. The van der Waals surface area contributed by atoms with E-state index in [1.54, 1.807) is 12.1 Å². The van der Waals surface area contributed by atoms with Gasteiger partial charge in [-0.1, -0.05) is 48.5 Å². The van der Waals surface area contributed by atoms with E-state index in [2.05, 4.69) is 23.5 Å². The summed E-state index contributed by atoms with van der Waals surface area (Å²) in [7, 11) is 0. The van der Waals surface area contributed by atoms with Gasteiger partial charge in [-0.25, -0.2) is 0 Å². The van der Waals surface area contributed by atoms with Gasteiger partial charge < -0.3 is 5.32 Å². The topological polar surface area (TPSA) is 46.2 Å². The van der Waals surface area contributed by atoms with Crippen LogP contribution in [0, 0.1) is 0 Å². The molecule has 0 aliphatic heterocycles. The van der Waals surface area contributed by atoms with Crippen molar-refractivity contribution in [3.05, 3.63) is 78.4 Å². The summed E-state index contributed by atoms with van der Waals surface area (Å²) in [6, 6.07) is 23.5. The van der Waals surface area contributed by atoms with Crippen molar-refractivity contribution in [1.29, 1.82) is 0 Å². The highest BCUT2D eigenvalue weighted by Crippen LogP contribution is 2.32. The Morgan fingerprint density at radius 2 is 1.40 bits per heavy atom. The van der Waals surface area contributed by atoms with Gasteiger partial charge in [-0.05, 0) is 47.9 Å². The smallest absolute Gasteiger partial charge is 0.221 e. The van der Waals surface area contributed by atoms with E-state index in [0.717, 1.165) is 22.3 Å². The SMILES string of the molecule is CC(=O)Nc1ccc(C(C)=O)cc1-c1cccc(-c2ccccc2)c1. The molecule has 1 amide bonds. The fraction of sp³-hybridized carbons (Fsp3) is 0.0909. The molecular weight excluding hydrogens is 310 g/mol. The van der Waals surface area contributed by atoms with E-state index < -0.39 is 0 Å². The van der Waals surface area contributed by atoms with Gasteiger partial charge in [0.2, 0.25) is 5.91 Å². The van der Waals surface area contributed by atoms with E-state index in [0.29, 0.717) is 11.3 Å². The molecule has 124 valence electrons. The van der Waals surface area contributed by atoms with Crippen LogP contribution in [0.5, 0.6) is 0 Å². The monoisotopic (exact) mass is 329 g/mol. The van der Waals surface area contributed by atoms with Crippen molar-refractivity contribution < 1.29 is 9.59 Å². The Morgan fingerprint density at radius 3 is 2.08 bits per heavy atom.